The molecule has 0 spiro atoms. The molecule has 5 heteroatoms. The Kier molecular flexibility index (Phi) is 4.92. The second-order valence-electron chi connectivity index (χ2n) is 4.26. The van der Waals surface area contributed by atoms with Gasteiger partial charge in [-0.1, -0.05) is 24.9 Å². The Morgan fingerprint density at radius 3 is 3.12 bits per heavy atom. The average molecular weight is 272 g/mol. The lowest BCUT2D eigenvalue weighted by molar-refractivity contribution is 0.799. The van der Waals surface area contributed by atoms with E-state index in [1.807, 2.05) is 11.8 Å². The van der Waals surface area contributed by atoms with Crippen LogP contribution >= 0.6 is 23.4 Å². The lowest BCUT2D eigenvalue weighted by atomic mass is 10.2. The molecule has 1 aromatic rings. The molecule has 0 aliphatic carbocycles. The van der Waals surface area contributed by atoms with Crippen molar-refractivity contribution in [3.8, 4) is 0 Å². The molecule has 1 unspecified atom stereocenters. The molecular weight excluding hydrogens is 254 g/mol. The summed E-state index contributed by atoms with van der Waals surface area (Å²) < 4.78 is 0. The van der Waals surface area contributed by atoms with E-state index in [0.717, 1.165) is 36.0 Å². The van der Waals surface area contributed by atoms with Gasteiger partial charge in [-0.25, -0.2) is 9.97 Å². The molecule has 0 aromatic carbocycles. The van der Waals surface area contributed by atoms with Crippen molar-refractivity contribution >= 4 is 29.2 Å². The molecule has 0 amide bonds. The van der Waals surface area contributed by atoms with Crippen LogP contribution in [0.5, 0.6) is 0 Å². The summed E-state index contributed by atoms with van der Waals surface area (Å²) in [5.74, 6) is 2.21. The van der Waals surface area contributed by atoms with E-state index in [4.69, 9.17) is 11.6 Å². The number of aromatic nitrogens is 2. The van der Waals surface area contributed by atoms with Crippen molar-refractivity contribution in [2.45, 2.75) is 37.9 Å². The Hall–Kier alpha value is -0.480. The maximum absolute atomic E-state index is 6.11. The Morgan fingerprint density at radius 1 is 1.53 bits per heavy atom. The van der Waals surface area contributed by atoms with E-state index in [9.17, 15) is 0 Å². The first-order valence-corrected chi connectivity index (χ1v) is 7.58. The van der Waals surface area contributed by atoms with E-state index in [0.29, 0.717) is 5.15 Å². The lowest BCUT2D eigenvalue weighted by Gasteiger charge is -2.14. The molecule has 2 heterocycles. The number of nitrogens with zero attached hydrogens (tertiary/aromatic N) is 2. The topological polar surface area (TPSA) is 37.8 Å². The van der Waals surface area contributed by atoms with E-state index < -0.39 is 0 Å². The van der Waals surface area contributed by atoms with Crippen LogP contribution in [0, 0.1) is 0 Å². The Balaban J connectivity index is 2.00. The van der Waals surface area contributed by atoms with E-state index >= 15 is 0 Å². The van der Waals surface area contributed by atoms with Gasteiger partial charge in [-0.3, -0.25) is 0 Å². The fourth-order valence-corrected chi connectivity index (χ4v) is 3.46. The number of hydrogen-bond acceptors (Lipinski definition) is 4. The third-order valence-electron chi connectivity index (χ3n) is 2.91. The van der Waals surface area contributed by atoms with Crippen LogP contribution in [-0.2, 0) is 6.42 Å². The van der Waals surface area contributed by atoms with Crippen LogP contribution in [0.3, 0.4) is 0 Å². The van der Waals surface area contributed by atoms with Crippen LogP contribution in [-0.4, -0.2) is 27.5 Å². The highest BCUT2D eigenvalue weighted by molar-refractivity contribution is 8.00. The molecule has 1 aliphatic heterocycles. The number of nitrogens with one attached hydrogen (secondary N) is 1. The lowest BCUT2D eigenvalue weighted by Crippen LogP contribution is -2.16. The highest BCUT2D eigenvalue weighted by Gasteiger charge is 2.16. The number of thioether (sulfide) groups is 1. The second-order valence-corrected chi connectivity index (χ2v) is 6.02. The fraction of sp³-hybridized carbons (Fsp3) is 0.667. The molecule has 1 saturated heterocycles. The predicted octanol–water partition coefficient (Wildman–Crippen LogP) is 3.39. The summed E-state index contributed by atoms with van der Waals surface area (Å²) in [5.41, 5.74) is 1.06. The highest BCUT2D eigenvalue weighted by atomic mass is 35.5. The Bertz CT molecular complexity index is 367. The maximum atomic E-state index is 6.11. The molecule has 0 saturated carbocycles. The molecule has 1 aliphatic rings. The smallest absolute Gasteiger partial charge is 0.137 e. The third kappa shape index (κ3) is 3.49. The molecule has 17 heavy (non-hydrogen) atoms. The standard InChI is InChI=1S/C12H18ClN3S/c1-2-4-10-11(13)15-8-16-12(10)14-7-9-5-3-6-17-9/h8-9H,2-7H2,1H3,(H,14,15,16). The summed E-state index contributed by atoms with van der Waals surface area (Å²) in [5, 5.41) is 4.73. The zero-order valence-electron chi connectivity index (χ0n) is 10.1. The quantitative estimate of drug-likeness (QED) is 0.833. The minimum absolute atomic E-state index is 0.587. The largest absolute Gasteiger partial charge is 0.369 e. The molecule has 3 nitrogen and oxygen atoms in total. The van der Waals surface area contributed by atoms with Gasteiger partial charge in [0, 0.05) is 17.4 Å². The van der Waals surface area contributed by atoms with Crippen LogP contribution in [0.25, 0.3) is 0 Å². The molecule has 0 radical (unpaired) electrons. The SMILES string of the molecule is CCCc1c(Cl)ncnc1NCC1CCCS1. The van der Waals surface area contributed by atoms with Gasteiger partial charge in [0.25, 0.3) is 0 Å². The van der Waals surface area contributed by atoms with Crippen molar-refractivity contribution in [1.29, 1.82) is 0 Å². The van der Waals surface area contributed by atoms with Crippen molar-refractivity contribution < 1.29 is 0 Å². The van der Waals surface area contributed by atoms with Crippen molar-refractivity contribution in [3.05, 3.63) is 17.0 Å². The molecule has 1 N–H and O–H groups in total. The van der Waals surface area contributed by atoms with Gasteiger partial charge < -0.3 is 5.32 Å². The maximum Gasteiger partial charge on any atom is 0.137 e. The van der Waals surface area contributed by atoms with Gasteiger partial charge in [0.05, 0.1) is 0 Å². The van der Waals surface area contributed by atoms with Crippen molar-refractivity contribution in [3.63, 3.8) is 0 Å². The molecule has 2 rings (SSSR count). The summed E-state index contributed by atoms with van der Waals surface area (Å²) in [4.78, 5) is 8.35. The number of rotatable bonds is 5. The Labute approximate surface area is 112 Å². The van der Waals surface area contributed by atoms with Gasteiger partial charge in [0.1, 0.15) is 17.3 Å². The molecule has 1 atom stereocenters. The summed E-state index contributed by atoms with van der Waals surface area (Å²) >= 11 is 8.15. The summed E-state index contributed by atoms with van der Waals surface area (Å²) in [6.45, 7) is 3.12. The zero-order chi connectivity index (χ0) is 12.1. The Morgan fingerprint density at radius 2 is 2.41 bits per heavy atom. The van der Waals surface area contributed by atoms with E-state index in [1.165, 1.54) is 24.9 Å². The van der Waals surface area contributed by atoms with Crippen LogP contribution in [0.15, 0.2) is 6.33 Å². The van der Waals surface area contributed by atoms with E-state index in [-0.39, 0.29) is 0 Å². The van der Waals surface area contributed by atoms with Crippen molar-refractivity contribution in [2.75, 3.05) is 17.6 Å². The highest BCUT2D eigenvalue weighted by Crippen LogP contribution is 2.27. The molecule has 94 valence electrons. The first-order valence-electron chi connectivity index (χ1n) is 6.16. The fourth-order valence-electron chi connectivity index (χ4n) is 2.03. The molecule has 1 aromatic heterocycles. The number of anilines is 1. The number of hydrogen-bond donors (Lipinski definition) is 1. The predicted molar refractivity (Wildman–Crippen MR) is 75.0 cm³/mol. The van der Waals surface area contributed by atoms with Crippen LogP contribution in [0.2, 0.25) is 5.15 Å². The number of halogens is 1. The van der Waals surface area contributed by atoms with Gasteiger partial charge in [0.2, 0.25) is 0 Å². The van der Waals surface area contributed by atoms with Crippen molar-refractivity contribution in [1.82, 2.24) is 9.97 Å². The van der Waals surface area contributed by atoms with Gasteiger partial charge in [-0.2, -0.15) is 11.8 Å². The zero-order valence-corrected chi connectivity index (χ0v) is 11.7. The second kappa shape index (κ2) is 6.45. The van der Waals surface area contributed by atoms with Crippen molar-refractivity contribution in [2.24, 2.45) is 0 Å². The molecule has 0 bridgehead atoms. The monoisotopic (exact) mass is 271 g/mol. The van der Waals surface area contributed by atoms with Gasteiger partial charge in [-0.05, 0) is 25.0 Å². The van der Waals surface area contributed by atoms with Gasteiger partial charge in [0.15, 0.2) is 0 Å². The minimum atomic E-state index is 0.587. The van der Waals surface area contributed by atoms with E-state index in [1.54, 1.807) is 0 Å². The molecule has 1 fully saturated rings. The summed E-state index contributed by atoms with van der Waals surface area (Å²) in [6.07, 6.45) is 6.16. The third-order valence-corrected chi connectivity index (χ3v) is 4.64. The summed E-state index contributed by atoms with van der Waals surface area (Å²) in [6, 6.07) is 0. The molecular formula is C12H18ClN3S. The average Bonchev–Trinajstić information content (AvgIpc) is 2.83. The minimum Gasteiger partial charge on any atom is -0.369 e. The van der Waals surface area contributed by atoms with E-state index in [2.05, 4.69) is 22.2 Å². The van der Waals surface area contributed by atoms with Gasteiger partial charge in [-0.15, -0.1) is 0 Å². The first kappa shape index (κ1) is 13.0. The van der Waals surface area contributed by atoms with Crippen LogP contribution in [0.1, 0.15) is 31.7 Å². The van der Waals surface area contributed by atoms with Gasteiger partial charge >= 0.3 is 0 Å². The first-order chi connectivity index (χ1) is 8.31. The summed E-state index contributed by atoms with van der Waals surface area (Å²) in [7, 11) is 0. The van der Waals surface area contributed by atoms with Crippen LogP contribution < -0.4 is 5.32 Å². The van der Waals surface area contributed by atoms with Crippen LogP contribution in [0.4, 0.5) is 5.82 Å². The normalized spacial score (nSPS) is 19.5.